The van der Waals surface area contributed by atoms with Crippen LogP contribution in [-0.2, 0) is 20.2 Å². The predicted molar refractivity (Wildman–Crippen MR) is 122 cm³/mol. The number of anilines is 2. The first-order valence-corrected chi connectivity index (χ1v) is 12.3. The SMILES string of the molecule is CC(C)(C(=O)Nc1ccc(-c2cncc(Cl)n2)cc1)c1csc(NS(=O)(=O)C2CC2)n1. The average molecular weight is 478 g/mol. The molecule has 1 aliphatic rings. The van der Waals surface area contributed by atoms with Crippen LogP contribution >= 0.6 is 22.9 Å². The van der Waals surface area contributed by atoms with Gasteiger partial charge < -0.3 is 5.32 Å². The standard InChI is InChI=1S/C20H20ClN5O3S2/c1-20(2,16-11-30-19(25-16)26-31(28,29)14-7-8-14)18(27)23-13-5-3-12(4-6-13)15-9-22-10-17(21)24-15/h3-6,9-11,14H,7-8H2,1-2H3,(H,23,27)(H,25,26). The second-order valence-corrected chi connectivity index (χ2v) is 11.0. The third kappa shape index (κ3) is 4.86. The van der Waals surface area contributed by atoms with Crippen molar-refractivity contribution in [2.24, 2.45) is 0 Å². The van der Waals surface area contributed by atoms with Gasteiger partial charge in [-0.15, -0.1) is 11.3 Å². The van der Waals surface area contributed by atoms with Crippen molar-refractivity contribution in [3.63, 3.8) is 0 Å². The number of sulfonamides is 1. The summed E-state index contributed by atoms with van der Waals surface area (Å²) in [5.41, 5.74) is 1.60. The Balaban J connectivity index is 1.45. The second kappa shape index (κ2) is 8.18. The van der Waals surface area contributed by atoms with Crippen molar-refractivity contribution in [3.05, 3.63) is 52.9 Å². The van der Waals surface area contributed by atoms with E-state index in [2.05, 4.69) is 25.0 Å². The van der Waals surface area contributed by atoms with Crippen molar-refractivity contribution in [1.82, 2.24) is 15.0 Å². The number of amides is 1. The smallest absolute Gasteiger partial charge is 0.237 e. The van der Waals surface area contributed by atoms with Gasteiger partial charge in [0.2, 0.25) is 15.9 Å². The lowest BCUT2D eigenvalue weighted by atomic mass is 9.89. The van der Waals surface area contributed by atoms with Gasteiger partial charge in [-0.05, 0) is 38.8 Å². The number of nitrogens with one attached hydrogen (secondary N) is 2. The number of rotatable bonds is 7. The van der Waals surface area contributed by atoms with Gasteiger partial charge in [-0.2, -0.15) is 0 Å². The fraction of sp³-hybridized carbons (Fsp3) is 0.300. The quantitative estimate of drug-likeness (QED) is 0.530. The molecule has 3 aromatic rings. The minimum Gasteiger partial charge on any atom is -0.325 e. The first-order valence-electron chi connectivity index (χ1n) is 9.52. The topological polar surface area (TPSA) is 114 Å². The van der Waals surface area contributed by atoms with Crippen LogP contribution < -0.4 is 10.0 Å². The molecule has 1 amide bonds. The van der Waals surface area contributed by atoms with Gasteiger partial charge in [0.05, 0.1) is 34.4 Å². The van der Waals surface area contributed by atoms with Crippen LogP contribution in [0.3, 0.4) is 0 Å². The van der Waals surface area contributed by atoms with Gasteiger partial charge in [-0.25, -0.2) is 18.4 Å². The van der Waals surface area contributed by atoms with Crippen LogP contribution in [0.25, 0.3) is 11.3 Å². The number of hydrogen-bond acceptors (Lipinski definition) is 7. The molecule has 0 radical (unpaired) electrons. The zero-order chi connectivity index (χ0) is 22.2. The Kier molecular flexibility index (Phi) is 5.71. The lowest BCUT2D eigenvalue weighted by Crippen LogP contribution is -2.35. The summed E-state index contributed by atoms with van der Waals surface area (Å²) < 4.78 is 26.7. The van der Waals surface area contributed by atoms with E-state index >= 15 is 0 Å². The molecule has 1 aliphatic carbocycles. The minimum absolute atomic E-state index is 0.260. The molecular weight excluding hydrogens is 458 g/mol. The highest BCUT2D eigenvalue weighted by Crippen LogP contribution is 2.33. The summed E-state index contributed by atoms with van der Waals surface area (Å²) >= 11 is 7.05. The number of halogens is 1. The van der Waals surface area contributed by atoms with Crippen LogP contribution in [0.1, 0.15) is 32.4 Å². The second-order valence-electron chi connectivity index (χ2n) is 7.77. The highest BCUT2D eigenvalue weighted by molar-refractivity contribution is 7.93. The lowest BCUT2D eigenvalue weighted by Gasteiger charge is -2.21. The number of carbonyl (C=O) groups excluding carboxylic acids is 1. The maximum absolute atomic E-state index is 12.9. The van der Waals surface area contributed by atoms with E-state index in [0.717, 1.165) is 5.56 Å². The van der Waals surface area contributed by atoms with E-state index in [1.165, 1.54) is 17.5 Å². The molecule has 0 spiro atoms. The monoisotopic (exact) mass is 477 g/mol. The summed E-state index contributed by atoms with van der Waals surface area (Å²) in [5.74, 6) is -0.260. The molecule has 1 saturated carbocycles. The summed E-state index contributed by atoms with van der Waals surface area (Å²) in [6, 6.07) is 7.16. The fourth-order valence-electron chi connectivity index (χ4n) is 2.80. The molecule has 31 heavy (non-hydrogen) atoms. The van der Waals surface area contributed by atoms with Crippen LogP contribution in [-0.4, -0.2) is 34.5 Å². The van der Waals surface area contributed by atoms with Crippen molar-refractivity contribution < 1.29 is 13.2 Å². The number of aromatic nitrogens is 3. The molecule has 2 N–H and O–H groups in total. The lowest BCUT2D eigenvalue weighted by molar-refractivity contribution is -0.120. The van der Waals surface area contributed by atoms with E-state index in [-0.39, 0.29) is 16.3 Å². The van der Waals surface area contributed by atoms with Crippen LogP contribution in [0, 0.1) is 0 Å². The Morgan fingerprint density at radius 2 is 1.87 bits per heavy atom. The van der Waals surface area contributed by atoms with Gasteiger partial charge >= 0.3 is 0 Å². The van der Waals surface area contributed by atoms with Crippen LogP contribution in [0.5, 0.6) is 0 Å². The molecule has 2 heterocycles. The summed E-state index contributed by atoms with van der Waals surface area (Å²) in [5, 5.41) is 4.82. The Bertz CT molecular complexity index is 1220. The molecule has 2 aromatic heterocycles. The molecule has 1 fully saturated rings. The summed E-state index contributed by atoms with van der Waals surface area (Å²) in [6.07, 6.45) is 4.41. The molecule has 11 heteroatoms. The van der Waals surface area contributed by atoms with E-state index < -0.39 is 15.4 Å². The van der Waals surface area contributed by atoms with Crippen LogP contribution in [0.15, 0.2) is 42.0 Å². The molecule has 8 nitrogen and oxygen atoms in total. The van der Waals surface area contributed by atoms with E-state index in [9.17, 15) is 13.2 Å². The number of carbonyl (C=O) groups is 1. The molecule has 0 unspecified atom stereocenters. The van der Waals surface area contributed by atoms with Crippen molar-refractivity contribution >= 4 is 49.7 Å². The predicted octanol–water partition coefficient (Wildman–Crippen LogP) is 4.07. The number of nitrogens with zero attached hydrogens (tertiary/aromatic N) is 3. The fourth-order valence-corrected chi connectivity index (χ4v) is 5.42. The summed E-state index contributed by atoms with van der Waals surface area (Å²) in [4.78, 5) is 25.5. The first-order chi connectivity index (χ1) is 14.6. The maximum Gasteiger partial charge on any atom is 0.237 e. The van der Waals surface area contributed by atoms with Crippen molar-refractivity contribution in [1.29, 1.82) is 0 Å². The zero-order valence-corrected chi connectivity index (χ0v) is 19.2. The molecule has 1 aromatic carbocycles. The average Bonchev–Trinajstić information content (AvgIpc) is 3.49. The molecule has 0 bridgehead atoms. The highest BCUT2D eigenvalue weighted by Gasteiger charge is 2.37. The van der Waals surface area contributed by atoms with E-state index in [1.54, 1.807) is 37.6 Å². The van der Waals surface area contributed by atoms with E-state index in [0.29, 0.717) is 35.1 Å². The summed E-state index contributed by atoms with van der Waals surface area (Å²) in [7, 11) is -3.39. The Morgan fingerprint density at radius 3 is 2.52 bits per heavy atom. The third-order valence-electron chi connectivity index (χ3n) is 4.95. The van der Waals surface area contributed by atoms with Crippen LogP contribution in [0.2, 0.25) is 5.15 Å². The Hall–Kier alpha value is -2.56. The van der Waals surface area contributed by atoms with Gasteiger partial charge in [0.1, 0.15) is 5.15 Å². The molecule has 0 aliphatic heterocycles. The van der Waals surface area contributed by atoms with Crippen molar-refractivity contribution in [3.8, 4) is 11.3 Å². The molecule has 0 saturated heterocycles. The number of benzene rings is 1. The first kappa shape index (κ1) is 21.7. The van der Waals surface area contributed by atoms with Crippen LogP contribution in [0.4, 0.5) is 10.8 Å². The normalized spacial score (nSPS) is 14.3. The van der Waals surface area contributed by atoms with Gasteiger partial charge in [0.25, 0.3) is 0 Å². The minimum atomic E-state index is -3.39. The van der Waals surface area contributed by atoms with Crippen molar-refractivity contribution in [2.75, 3.05) is 10.0 Å². The van der Waals surface area contributed by atoms with Gasteiger partial charge in [0.15, 0.2) is 5.13 Å². The molecule has 4 rings (SSSR count). The Labute approximate surface area is 189 Å². The van der Waals surface area contributed by atoms with Crippen molar-refractivity contribution in [2.45, 2.75) is 37.4 Å². The van der Waals surface area contributed by atoms with E-state index in [1.807, 2.05) is 12.1 Å². The van der Waals surface area contributed by atoms with Gasteiger partial charge in [-0.1, -0.05) is 23.7 Å². The summed E-state index contributed by atoms with van der Waals surface area (Å²) in [6.45, 7) is 3.49. The number of thiazole rings is 1. The Morgan fingerprint density at radius 1 is 1.16 bits per heavy atom. The maximum atomic E-state index is 12.9. The van der Waals surface area contributed by atoms with E-state index in [4.69, 9.17) is 11.6 Å². The zero-order valence-electron chi connectivity index (χ0n) is 16.8. The highest BCUT2D eigenvalue weighted by atomic mass is 35.5. The third-order valence-corrected chi connectivity index (χ3v) is 7.84. The molecule has 162 valence electrons. The van der Waals surface area contributed by atoms with Gasteiger partial charge in [0, 0.05) is 16.6 Å². The number of hydrogen-bond donors (Lipinski definition) is 2. The molecule has 0 atom stereocenters. The largest absolute Gasteiger partial charge is 0.325 e. The van der Waals surface area contributed by atoms with Gasteiger partial charge in [-0.3, -0.25) is 14.5 Å². The molecular formula is C20H20ClN5O3S2.